The molecular formula is C13H16N4. The fourth-order valence-electron chi connectivity index (χ4n) is 1.60. The van der Waals surface area contributed by atoms with Gasteiger partial charge in [0.05, 0.1) is 12.2 Å². The van der Waals surface area contributed by atoms with Crippen LogP contribution < -0.4 is 5.32 Å². The summed E-state index contributed by atoms with van der Waals surface area (Å²) in [6.07, 6.45) is 6.40. The first-order valence-corrected chi connectivity index (χ1v) is 5.75. The lowest BCUT2D eigenvalue weighted by atomic mass is 10.1. The van der Waals surface area contributed by atoms with Gasteiger partial charge < -0.3 is 5.32 Å². The Morgan fingerprint density at radius 1 is 1.18 bits per heavy atom. The molecule has 0 atom stereocenters. The summed E-state index contributed by atoms with van der Waals surface area (Å²) in [6.45, 7) is 4.76. The van der Waals surface area contributed by atoms with Crippen molar-refractivity contribution in [3.8, 4) is 0 Å². The molecule has 2 aromatic rings. The van der Waals surface area contributed by atoms with Gasteiger partial charge in [-0.15, -0.1) is 0 Å². The topological polar surface area (TPSA) is 50.7 Å². The highest BCUT2D eigenvalue weighted by molar-refractivity contribution is 5.28. The molecule has 0 unspecified atom stereocenters. The highest BCUT2D eigenvalue weighted by Crippen LogP contribution is 2.08. The highest BCUT2D eigenvalue weighted by Gasteiger charge is 2.02. The SMILES string of the molecule is CCc1cccnc1CNc1ncc(C)cn1. The molecule has 1 N–H and O–H groups in total. The van der Waals surface area contributed by atoms with Gasteiger partial charge in [0.2, 0.25) is 5.95 Å². The van der Waals surface area contributed by atoms with Crippen LogP contribution in [0.25, 0.3) is 0 Å². The molecule has 2 heterocycles. The Morgan fingerprint density at radius 2 is 1.94 bits per heavy atom. The van der Waals surface area contributed by atoms with Gasteiger partial charge in [0, 0.05) is 18.6 Å². The van der Waals surface area contributed by atoms with Gasteiger partial charge in [-0.1, -0.05) is 13.0 Å². The maximum atomic E-state index is 4.36. The third kappa shape index (κ3) is 3.00. The summed E-state index contributed by atoms with van der Waals surface area (Å²) >= 11 is 0. The van der Waals surface area contributed by atoms with Crippen molar-refractivity contribution in [3.63, 3.8) is 0 Å². The molecule has 0 fully saturated rings. The van der Waals surface area contributed by atoms with Gasteiger partial charge in [-0.2, -0.15) is 0 Å². The second-order valence-electron chi connectivity index (χ2n) is 3.90. The quantitative estimate of drug-likeness (QED) is 0.872. The van der Waals surface area contributed by atoms with E-state index >= 15 is 0 Å². The van der Waals surface area contributed by atoms with Crippen molar-refractivity contribution < 1.29 is 0 Å². The van der Waals surface area contributed by atoms with Gasteiger partial charge in [-0.3, -0.25) is 4.98 Å². The zero-order valence-corrected chi connectivity index (χ0v) is 10.1. The minimum absolute atomic E-state index is 0.642. The summed E-state index contributed by atoms with van der Waals surface area (Å²) < 4.78 is 0. The van der Waals surface area contributed by atoms with Crippen molar-refractivity contribution in [2.24, 2.45) is 0 Å². The third-order valence-electron chi connectivity index (χ3n) is 2.56. The summed E-state index contributed by atoms with van der Waals surface area (Å²) in [5, 5.41) is 3.18. The lowest BCUT2D eigenvalue weighted by molar-refractivity contribution is 0.949. The number of nitrogens with one attached hydrogen (secondary N) is 1. The Morgan fingerprint density at radius 3 is 2.65 bits per heavy atom. The highest BCUT2D eigenvalue weighted by atomic mass is 15.1. The smallest absolute Gasteiger partial charge is 0.222 e. The monoisotopic (exact) mass is 228 g/mol. The third-order valence-corrected chi connectivity index (χ3v) is 2.56. The average molecular weight is 228 g/mol. The molecular weight excluding hydrogens is 212 g/mol. The van der Waals surface area contributed by atoms with E-state index in [4.69, 9.17) is 0 Å². The van der Waals surface area contributed by atoms with Crippen molar-refractivity contribution in [2.45, 2.75) is 26.8 Å². The number of aryl methyl sites for hydroxylation is 2. The molecule has 0 saturated carbocycles. The lowest BCUT2D eigenvalue weighted by Crippen LogP contribution is -2.07. The molecule has 0 aliphatic heterocycles. The first-order chi connectivity index (χ1) is 8.29. The molecule has 0 spiro atoms. The second kappa shape index (κ2) is 5.39. The Bertz CT molecular complexity index is 479. The normalized spacial score (nSPS) is 10.2. The fraction of sp³-hybridized carbons (Fsp3) is 0.308. The summed E-state index contributed by atoms with van der Waals surface area (Å²) in [6, 6.07) is 4.06. The number of hydrogen-bond acceptors (Lipinski definition) is 4. The van der Waals surface area contributed by atoms with E-state index in [0.29, 0.717) is 12.5 Å². The Labute approximate surface area is 101 Å². The first kappa shape index (κ1) is 11.5. The molecule has 17 heavy (non-hydrogen) atoms. The molecule has 0 amide bonds. The number of anilines is 1. The van der Waals surface area contributed by atoms with Crippen molar-refractivity contribution in [1.82, 2.24) is 15.0 Å². The summed E-state index contributed by atoms with van der Waals surface area (Å²) in [5.41, 5.74) is 3.37. The van der Waals surface area contributed by atoms with Crippen LogP contribution in [0.1, 0.15) is 23.7 Å². The molecule has 0 aliphatic carbocycles. The maximum absolute atomic E-state index is 4.36. The second-order valence-corrected chi connectivity index (χ2v) is 3.90. The molecule has 2 rings (SSSR count). The van der Waals surface area contributed by atoms with Crippen LogP contribution in [0.4, 0.5) is 5.95 Å². The Balaban J connectivity index is 2.04. The predicted octanol–water partition coefficient (Wildman–Crippen LogP) is 2.35. The summed E-state index contributed by atoms with van der Waals surface area (Å²) in [7, 11) is 0. The fourth-order valence-corrected chi connectivity index (χ4v) is 1.60. The summed E-state index contributed by atoms with van der Waals surface area (Å²) in [5.74, 6) is 0.642. The van der Waals surface area contributed by atoms with Gasteiger partial charge in [0.1, 0.15) is 0 Å². The van der Waals surface area contributed by atoms with E-state index in [1.807, 2.05) is 19.2 Å². The standard InChI is InChI=1S/C13H16N4/c1-3-11-5-4-6-14-12(11)9-17-13-15-7-10(2)8-16-13/h4-8H,3,9H2,1-2H3,(H,15,16,17). The number of pyridine rings is 1. The zero-order chi connectivity index (χ0) is 12.1. The number of nitrogens with zero attached hydrogens (tertiary/aromatic N) is 3. The summed E-state index contributed by atoms with van der Waals surface area (Å²) in [4.78, 5) is 12.8. The van der Waals surface area contributed by atoms with E-state index in [0.717, 1.165) is 17.7 Å². The molecule has 2 aromatic heterocycles. The number of rotatable bonds is 4. The Kier molecular flexibility index (Phi) is 3.65. The molecule has 88 valence electrons. The van der Waals surface area contributed by atoms with Gasteiger partial charge in [-0.05, 0) is 30.5 Å². The number of aromatic nitrogens is 3. The molecule has 0 aromatic carbocycles. The van der Waals surface area contributed by atoms with Crippen LogP contribution in [0.2, 0.25) is 0 Å². The van der Waals surface area contributed by atoms with Crippen LogP contribution in [-0.2, 0) is 13.0 Å². The van der Waals surface area contributed by atoms with E-state index < -0.39 is 0 Å². The molecule has 0 radical (unpaired) electrons. The average Bonchev–Trinajstić information content (AvgIpc) is 2.38. The number of hydrogen-bond donors (Lipinski definition) is 1. The van der Waals surface area contributed by atoms with Crippen molar-refractivity contribution in [1.29, 1.82) is 0 Å². The molecule has 4 heteroatoms. The van der Waals surface area contributed by atoms with Gasteiger partial charge in [0.25, 0.3) is 0 Å². The van der Waals surface area contributed by atoms with Gasteiger partial charge in [0.15, 0.2) is 0 Å². The predicted molar refractivity (Wildman–Crippen MR) is 67.7 cm³/mol. The largest absolute Gasteiger partial charge is 0.349 e. The molecule has 0 bridgehead atoms. The molecule has 0 aliphatic rings. The lowest BCUT2D eigenvalue weighted by Gasteiger charge is -2.07. The Hall–Kier alpha value is -1.97. The van der Waals surface area contributed by atoms with E-state index in [-0.39, 0.29) is 0 Å². The van der Waals surface area contributed by atoms with Gasteiger partial charge in [-0.25, -0.2) is 9.97 Å². The van der Waals surface area contributed by atoms with Crippen LogP contribution in [0.5, 0.6) is 0 Å². The molecule has 0 saturated heterocycles. The van der Waals surface area contributed by atoms with Crippen molar-refractivity contribution in [2.75, 3.05) is 5.32 Å². The van der Waals surface area contributed by atoms with Crippen molar-refractivity contribution in [3.05, 3.63) is 47.5 Å². The van der Waals surface area contributed by atoms with E-state index in [1.54, 1.807) is 12.4 Å². The van der Waals surface area contributed by atoms with Crippen molar-refractivity contribution >= 4 is 5.95 Å². The van der Waals surface area contributed by atoms with E-state index in [2.05, 4.69) is 33.3 Å². The van der Waals surface area contributed by atoms with Gasteiger partial charge >= 0.3 is 0 Å². The van der Waals surface area contributed by atoms with E-state index in [1.165, 1.54) is 5.56 Å². The van der Waals surface area contributed by atoms with E-state index in [9.17, 15) is 0 Å². The molecule has 4 nitrogen and oxygen atoms in total. The van der Waals surface area contributed by atoms with Crippen LogP contribution >= 0.6 is 0 Å². The van der Waals surface area contributed by atoms with Crippen LogP contribution in [-0.4, -0.2) is 15.0 Å². The maximum Gasteiger partial charge on any atom is 0.222 e. The minimum atomic E-state index is 0.642. The van der Waals surface area contributed by atoms with Crippen LogP contribution in [0, 0.1) is 6.92 Å². The zero-order valence-electron chi connectivity index (χ0n) is 10.1. The van der Waals surface area contributed by atoms with Crippen LogP contribution in [0.3, 0.4) is 0 Å². The minimum Gasteiger partial charge on any atom is -0.349 e. The first-order valence-electron chi connectivity index (χ1n) is 5.75. The van der Waals surface area contributed by atoms with Crippen LogP contribution in [0.15, 0.2) is 30.7 Å².